The maximum atomic E-state index is 13.5. The fraction of sp³-hybridized carbons (Fsp3) is 0.462. The fourth-order valence-corrected chi connectivity index (χ4v) is 4.55. The third-order valence-corrected chi connectivity index (χ3v) is 6.55. The van der Waals surface area contributed by atoms with Crippen LogP contribution < -0.4 is 9.47 Å². The van der Waals surface area contributed by atoms with Gasteiger partial charge in [0.25, 0.3) is 5.91 Å². The van der Waals surface area contributed by atoms with Crippen LogP contribution in [-0.4, -0.2) is 79.0 Å². The Labute approximate surface area is 200 Å². The Morgan fingerprint density at radius 1 is 0.941 bits per heavy atom. The molecule has 182 valence electrons. The minimum atomic E-state index is -0.406. The Hall–Kier alpha value is -3.13. The molecule has 0 aromatic heterocycles. The minimum absolute atomic E-state index is 0.0279. The molecule has 2 fully saturated rings. The molecule has 2 aliphatic heterocycles. The highest BCUT2D eigenvalue weighted by Crippen LogP contribution is 2.31. The highest BCUT2D eigenvalue weighted by Gasteiger charge is 2.26. The number of hydrogen-bond acceptors (Lipinski definition) is 5. The molecule has 0 radical (unpaired) electrons. The quantitative estimate of drug-likeness (QED) is 0.650. The maximum absolute atomic E-state index is 13.5. The molecule has 4 rings (SSSR count). The van der Waals surface area contributed by atoms with Gasteiger partial charge in [-0.1, -0.05) is 12.1 Å². The first kappa shape index (κ1) is 24.0. The van der Waals surface area contributed by atoms with Gasteiger partial charge >= 0.3 is 0 Å². The van der Waals surface area contributed by atoms with Crippen LogP contribution in [0.2, 0.25) is 0 Å². The average Bonchev–Trinajstić information content (AvgIpc) is 2.85. The van der Waals surface area contributed by atoms with Crippen molar-refractivity contribution in [2.24, 2.45) is 0 Å². The van der Waals surface area contributed by atoms with Crippen LogP contribution in [0, 0.1) is 5.82 Å². The van der Waals surface area contributed by atoms with Gasteiger partial charge in [-0.25, -0.2) is 4.39 Å². The van der Waals surface area contributed by atoms with Gasteiger partial charge in [0.15, 0.2) is 11.5 Å². The Morgan fingerprint density at radius 2 is 1.68 bits per heavy atom. The van der Waals surface area contributed by atoms with E-state index in [0.717, 1.165) is 38.3 Å². The monoisotopic (exact) mass is 469 g/mol. The van der Waals surface area contributed by atoms with E-state index in [1.54, 1.807) is 31.1 Å². The SMILES string of the molecule is COc1ccc(CN2CCN(C(C)=O)CC2)cc1OC1CCN(C(=O)c2cccc(F)c2)CC1. The number of rotatable bonds is 6. The molecule has 0 saturated carbocycles. The zero-order valence-corrected chi connectivity index (χ0v) is 19.8. The number of nitrogens with zero attached hydrogens (tertiary/aromatic N) is 3. The van der Waals surface area contributed by atoms with Crippen LogP contribution in [0.25, 0.3) is 0 Å². The van der Waals surface area contributed by atoms with Crippen molar-refractivity contribution in [3.63, 3.8) is 0 Å². The van der Waals surface area contributed by atoms with E-state index >= 15 is 0 Å². The summed E-state index contributed by atoms with van der Waals surface area (Å²) in [6, 6.07) is 11.8. The van der Waals surface area contributed by atoms with Gasteiger partial charge in [-0.2, -0.15) is 0 Å². The van der Waals surface area contributed by atoms with E-state index in [2.05, 4.69) is 4.90 Å². The Balaban J connectivity index is 1.33. The number of carbonyl (C=O) groups excluding carboxylic acids is 2. The molecule has 0 atom stereocenters. The lowest BCUT2D eigenvalue weighted by atomic mass is 10.1. The summed E-state index contributed by atoms with van der Waals surface area (Å²) < 4.78 is 25.3. The summed E-state index contributed by atoms with van der Waals surface area (Å²) in [5.41, 5.74) is 1.50. The number of halogens is 1. The molecule has 2 amide bonds. The van der Waals surface area contributed by atoms with Crippen molar-refractivity contribution >= 4 is 11.8 Å². The molecule has 34 heavy (non-hydrogen) atoms. The Bertz CT molecular complexity index is 1010. The summed E-state index contributed by atoms with van der Waals surface area (Å²) >= 11 is 0. The second-order valence-electron chi connectivity index (χ2n) is 8.89. The van der Waals surface area contributed by atoms with Crippen LogP contribution >= 0.6 is 0 Å². The number of amides is 2. The number of likely N-dealkylation sites (tertiary alicyclic amines) is 1. The zero-order chi connectivity index (χ0) is 24.1. The molecule has 0 spiro atoms. The van der Waals surface area contributed by atoms with Crippen molar-refractivity contribution in [3.8, 4) is 11.5 Å². The number of methoxy groups -OCH3 is 1. The number of piperazine rings is 1. The van der Waals surface area contributed by atoms with Crippen LogP contribution in [0.4, 0.5) is 4.39 Å². The Kier molecular flexibility index (Phi) is 7.67. The summed E-state index contributed by atoms with van der Waals surface area (Å²) in [6.45, 7) is 6.71. The van der Waals surface area contributed by atoms with Gasteiger partial charge in [-0.3, -0.25) is 14.5 Å². The van der Waals surface area contributed by atoms with E-state index in [-0.39, 0.29) is 17.9 Å². The summed E-state index contributed by atoms with van der Waals surface area (Å²) in [6.07, 6.45) is 1.36. The molecule has 2 heterocycles. The predicted molar refractivity (Wildman–Crippen MR) is 126 cm³/mol. The van der Waals surface area contributed by atoms with Crippen LogP contribution in [0.15, 0.2) is 42.5 Å². The minimum Gasteiger partial charge on any atom is -0.493 e. The van der Waals surface area contributed by atoms with E-state index in [9.17, 15) is 14.0 Å². The predicted octanol–water partition coefficient (Wildman–Crippen LogP) is 3.18. The van der Waals surface area contributed by atoms with Crippen molar-refractivity contribution < 1.29 is 23.5 Å². The number of piperidine rings is 1. The van der Waals surface area contributed by atoms with Crippen LogP contribution in [0.3, 0.4) is 0 Å². The average molecular weight is 470 g/mol. The number of benzene rings is 2. The fourth-order valence-electron chi connectivity index (χ4n) is 4.55. The molecule has 2 saturated heterocycles. The molecule has 2 aliphatic rings. The molecule has 2 aromatic rings. The van der Waals surface area contributed by atoms with Gasteiger partial charge in [0.05, 0.1) is 7.11 Å². The molecule has 2 aromatic carbocycles. The number of carbonyl (C=O) groups is 2. The first-order chi connectivity index (χ1) is 16.4. The second-order valence-corrected chi connectivity index (χ2v) is 8.89. The normalized spacial score (nSPS) is 17.5. The lowest BCUT2D eigenvalue weighted by Gasteiger charge is -2.34. The van der Waals surface area contributed by atoms with Gasteiger partial charge in [0, 0.05) is 71.1 Å². The van der Waals surface area contributed by atoms with E-state index < -0.39 is 5.82 Å². The lowest BCUT2D eigenvalue weighted by molar-refractivity contribution is -0.130. The molecule has 0 N–H and O–H groups in total. The lowest BCUT2D eigenvalue weighted by Crippen LogP contribution is -2.47. The molecular weight excluding hydrogens is 437 g/mol. The van der Waals surface area contributed by atoms with Crippen molar-refractivity contribution in [1.29, 1.82) is 0 Å². The number of ether oxygens (including phenoxy) is 2. The Morgan fingerprint density at radius 3 is 2.32 bits per heavy atom. The van der Waals surface area contributed by atoms with Gasteiger partial charge in [0.1, 0.15) is 11.9 Å². The maximum Gasteiger partial charge on any atom is 0.253 e. The smallest absolute Gasteiger partial charge is 0.253 e. The van der Waals surface area contributed by atoms with E-state index in [0.29, 0.717) is 43.0 Å². The highest BCUT2D eigenvalue weighted by molar-refractivity contribution is 5.94. The molecule has 8 heteroatoms. The van der Waals surface area contributed by atoms with Crippen molar-refractivity contribution in [3.05, 3.63) is 59.4 Å². The topological polar surface area (TPSA) is 62.3 Å². The molecule has 0 aliphatic carbocycles. The highest BCUT2D eigenvalue weighted by atomic mass is 19.1. The van der Waals surface area contributed by atoms with Crippen molar-refractivity contribution in [2.45, 2.75) is 32.4 Å². The summed E-state index contributed by atoms with van der Waals surface area (Å²) in [7, 11) is 1.63. The molecule has 0 unspecified atom stereocenters. The third kappa shape index (κ3) is 5.86. The molecule has 7 nitrogen and oxygen atoms in total. The van der Waals surface area contributed by atoms with E-state index in [4.69, 9.17) is 9.47 Å². The van der Waals surface area contributed by atoms with Crippen molar-refractivity contribution in [1.82, 2.24) is 14.7 Å². The molecular formula is C26H32FN3O4. The standard InChI is InChI=1S/C26H32FN3O4/c1-19(31)29-14-12-28(13-15-29)18-20-6-7-24(33-2)25(16-20)34-23-8-10-30(11-9-23)26(32)21-4-3-5-22(27)17-21/h3-7,16-17,23H,8-15,18H2,1-2H3. The van der Waals surface area contributed by atoms with E-state index in [1.165, 1.54) is 12.1 Å². The van der Waals surface area contributed by atoms with Crippen LogP contribution in [0.1, 0.15) is 35.7 Å². The summed E-state index contributed by atoms with van der Waals surface area (Å²) in [4.78, 5) is 30.2. The zero-order valence-electron chi connectivity index (χ0n) is 19.8. The van der Waals surface area contributed by atoms with Gasteiger partial charge in [-0.05, 0) is 35.9 Å². The van der Waals surface area contributed by atoms with Gasteiger partial charge in [0.2, 0.25) is 5.91 Å². The summed E-state index contributed by atoms with van der Waals surface area (Å²) in [5.74, 6) is 0.961. The van der Waals surface area contributed by atoms with Gasteiger partial charge < -0.3 is 19.3 Å². The van der Waals surface area contributed by atoms with Gasteiger partial charge in [-0.15, -0.1) is 0 Å². The van der Waals surface area contributed by atoms with E-state index in [1.807, 2.05) is 23.1 Å². The summed E-state index contributed by atoms with van der Waals surface area (Å²) in [5, 5.41) is 0. The molecule has 0 bridgehead atoms. The largest absolute Gasteiger partial charge is 0.493 e. The second kappa shape index (κ2) is 10.9. The first-order valence-electron chi connectivity index (χ1n) is 11.8. The third-order valence-electron chi connectivity index (χ3n) is 6.55. The number of hydrogen-bond donors (Lipinski definition) is 0. The van der Waals surface area contributed by atoms with Crippen LogP contribution in [-0.2, 0) is 11.3 Å². The first-order valence-corrected chi connectivity index (χ1v) is 11.8. The van der Waals surface area contributed by atoms with Crippen LogP contribution in [0.5, 0.6) is 11.5 Å². The van der Waals surface area contributed by atoms with Crippen molar-refractivity contribution in [2.75, 3.05) is 46.4 Å².